The van der Waals surface area contributed by atoms with Gasteiger partial charge in [-0.25, -0.2) is 0 Å². The highest BCUT2D eigenvalue weighted by molar-refractivity contribution is 7.80. The fourth-order valence-electron chi connectivity index (χ4n) is 2.11. The molecule has 1 saturated heterocycles. The minimum atomic E-state index is -0.119. The highest BCUT2D eigenvalue weighted by atomic mass is 32.1. The van der Waals surface area contributed by atoms with Crippen LogP contribution in [0.2, 0.25) is 0 Å². The molecule has 0 aromatic heterocycles. The molecule has 1 N–H and O–H groups in total. The molecule has 0 spiro atoms. The van der Waals surface area contributed by atoms with Crippen LogP contribution in [0.25, 0.3) is 6.08 Å². The van der Waals surface area contributed by atoms with Crippen LogP contribution in [0.4, 0.5) is 0 Å². The van der Waals surface area contributed by atoms with E-state index in [4.69, 9.17) is 21.7 Å². The molecule has 0 bridgehead atoms. The number of rotatable bonds is 5. The quantitative estimate of drug-likeness (QED) is 0.667. The Morgan fingerprint density at radius 3 is 2.71 bits per heavy atom. The molecular weight excluding hydrogens is 288 g/mol. The fourth-order valence-corrected chi connectivity index (χ4v) is 2.39. The average molecular weight is 306 g/mol. The summed E-state index contributed by atoms with van der Waals surface area (Å²) in [5, 5.41) is 3.39. The first-order valence-corrected chi connectivity index (χ1v) is 7.08. The Labute approximate surface area is 129 Å². The number of ether oxygens (including phenoxy) is 2. The number of nitrogens with zero attached hydrogens (tertiary/aromatic N) is 1. The second kappa shape index (κ2) is 6.58. The maximum absolute atomic E-state index is 12.3. The standard InChI is InChI=1S/C15H18N2O3S/c1-4-7-17-14(18)12(16-15(17)21)9-10-8-11(19-2)5-6-13(10)20-3/h5-6,8-9H,4,7H2,1-3H3,(H,16,21)/b12-9-. The molecule has 0 aliphatic carbocycles. The Morgan fingerprint density at radius 1 is 1.33 bits per heavy atom. The number of hydrogen-bond acceptors (Lipinski definition) is 4. The molecule has 1 heterocycles. The summed E-state index contributed by atoms with van der Waals surface area (Å²) in [6.07, 6.45) is 2.58. The molecule has 0 unspecified atom stereocenters. The molecule has 1 fully saturated rings. The lowest BCUT2D eigenvalue weighted by Crippen LogP contribution is -2.31. The summed E-state index contributed by atoms with van der Waals surface area (Å²) >= 11 is 5.18. The summed E-state index contributed by atoms with van der Waals surface area (Å²) in [5.41, 5.74) is 1.20. The van der Waals surface area contributed by atoms with Gasteiger partial charge in [0.2, 0.25) is 0 Å². The zero-order chi connectivity index (χ0) is 15.4. The number of hydrogen-bond donors (Lipinski definition) is 1. The van der Waals surface area contributed by atoms with Gasteiger partial charge < -0.3 is 14.8 Å². The Hall–Kier alpha value is -2.08. The Balaban J connectivity index is 2.35. The van der Waals surface area contributed by atoms with E-state index in [0.29, 0.717) is 28.9 Å². The van der Waals surface area contributed by atoms with Crippen molar-refractivity contribution in [2.45, 2.75) is 13.3 Å². The number of amides is 1. The van der Waals surface area contributed by atoms with E-state index in [9.17, 15) is 4.79 Å². The molecule has 0 atom stereocenters. The summed E-state index contributed by atoms with van der Waals surface area (Å²) < 4.78 is 10.5. The van der Waals surface area contributed by atoms with Crippen LogP contribution in [0.15, 0.2) is 23.9 Å². The lowest BCUT2D eigenvalue weighted by molar-refractivity contribution is -0.122. The van der Waals surface area contributed by atoms with E-state index in [1.165, 1.54) is 0 Å². The smallest absolute Gasteiger partial charge is 0.276 e. The Kier molecular flexibility index (Phi) is 4.80. The fraction of sp³-hybridized carbons (Fsp3) is 0.333. The molecule has 5 nitrogen and oxygen atoms in total. The molecule has 1 amide bonds. The van der Waals surface area contributed by atoms with Gasteiger partial charge in [0.05, 0.1) is 14.2 Å². The topological polar surface area (TPSA) is 50.8 Å². The summed E-state index contributed by atoms with van der Waals surface area (Å²) in [7, 11) is 3.18. The van der Waals surface area contributed by atoms with Crippen molar-refractivity contribution in [1.82, 2.24) is 10.2 Å². The van der Waals surface area contributed by atoms with Crippen molar-refractivity contribution in [3.63, 3.8) is 0 Å². The third-order valence-electron chi connectivity index (χ3n) is 3.15. The van der Waals surface area contributed by atoms with Gasteiger partial charge in [0.25, 0.3) is 5.91 Å². The van der Waals surface area contributed by atoms with E-state index in [-0.39, 0.29) is 5.91 Å². The van der Waals surface area contributed by atoms with Crippen molar-refractivity contribution >= 4 is 29.3 Å². The summed E-state index contributed by atoms with van der Waals surface area (Å²) in [6, 6.07) is 5.41. The minimum absolute atomic E-state index is 0.119. The van der Waals surface area contributed by atoms with E-state index in [1.54, 1.807) is 37.3 Å². The van der Waals surface area contributed by atoms with Crippen molar-refractivity contribution in [2.24, 2.45) is 0 Å². The third kappa shape index (κ3) is 3.16. The van der Waals surface area contributed by atoms with E-state index < -0.39 is 0 Å². The summed E-state index contributed by atoms with van der Waals surface area (Å²) in [5.74, 6) is 1.24. The van der Waals surface area contributed by atoms with E-state index in [2.05, 4.69) is 5.32 Å². The molecule has 21 heavy (non-hydrogen) atoms. The third-order valence-corrected chi connectivity index (χ3v) is 3.47. The van der Waals surface area contributed by atoms with Gasteiger partial charge in [-0.2, -0.15) is 0 Å². The normalized spacial score (nSPS) is 16.3. The molecule has 0 saturated carbocycles. The summed E-state index contributed by atoms with van der Waals surface area (Å²) in [4.78, 5) is 13.9. The number of carbonyl (C=O) groups excluding carboxylic acids is 1. The van der Waals surface area contributed by atoms with Gasteiger partial charge in [-0.1, -0.05) is 6.92 Å². The van der Waals surface area contributed by atoms with Crippen LogP contribution < -0.4 is 14.8 Å². The number of benzene rings is 1. The molecule has 1 aliphatic heterocycles. The van der Waals surface area contributed by atoms with Crippen LogP contribution in [0.3, 0.4) is 0 Å². The number of nitrogens with one attached hydrogen (secondary N) is 1. The second-order valence-electron chi connectivity index (χ2n) is 4.55. The van der Waals surface area contributed by atoms with Gasteiger partial charge in [0.15, 0.2) is 5.11 Å². The SMILES string of the molecule is CCCN1C(=O)/C(=C/c2cc(OC)ccc2OC)NC1=S. The lowest BCUT2D eigenvalue weighted by Gasteiger charge is -2.11. The zero-order valence-electron chi connectivity index (χ0n) is 12.3. The maximum Gasteiger partial charge on any atom is 0.276 e. The van der Waals surface area contributed by atoms with Crippen LogP contribution in [0, 0.1) is 0 Å². The van der Waals surface area contributed by atoms with Gasteiger partial charge in [-0.15, -0.1) is 0 Å². The second-order valence-corrected chi connectivity index (χ2v) is 4.94. The molecule has 6 heteroatoms. The molecule has 1 aliphatic rings. The first kappa shape index (κ1) is 15.3. The van der Waals surface area contributed by atoms with Crippen LogP contribution in [0.1, 0.15) is 18.9 Å². The molecule has 1 aromatic carbocycles. The van der Waals surface area contributed by atoms with Crippen molar-refractivity contribution < 1.29 is 14.3 Å². The van der Waals surface area contributed by atoms with E-state index in [0.717, 1.165) is 12.0 Å². The number of methoxy groups -OCH3 is 2. The van der Waals surface area contributed by atoms with Crippen molar-refractivity contribution in [3.05, 3.63) is 29.5 Å². The van der Waals surface area contributed by atoms with Gasteiger partial charge in [0, 0.05) is 12.1 Å². The van der Waals surface area contributed by atoms with Crippen molar-refractivity contribution in [1.29, 1.82) is 0 Å². The summed E-state index contributed by atoms with van der Waals surface area (Å²) in [6.45, 7) is 2.61. The van der Waals surface area contributed by atoms with Gasteiger partial charge in [-0.05, 0) is 42.9 Å². The Bertz CT molecular complexity index is 599. The first-order valence-electron chi connectivity index (χ1n) is 6.67. The lowest BCUT2D eigenvalue weighted by atomic mass is 10.1. The zero-order valence-corrected chi connectivity index (χ0v) is 13.1. The van der Waals surface area contributed by atoms with Crippen molar-refractivity contribution in [3.8, 4) is 11.5 Å². The first-order chi connectivity index (χ1) is 10.1. The number of thiocarbonyl (C=S) groups is 1. The maximum atomic E-state index is 12.3. The van der Waals surface area contributed by atoms with E-state index >= 15 is 0 Å². The van der Waals surface area contributed by atoms with Crippen LogP contribution >= 0.6 is 12.2 Å². The largest absolute Gasteiger partial charge is 0.497 e. The molecule has 112 valence electrons. The molecule has 2 rings (SSSR count). The molecular formula is C15H18N2O3S. The highest BCUT2D eigenvalue weighted by Gasteiger charge is 2.29. The van der Waals surface area contributed by atoms with Crippen LogP contribution in [0.5, 0.6) is 11.5 Å². The van der Waals surface area contributed by atoms with Gasteiger partial charge in [0.1, 0.15) is 17.2 Å². The van der Waals surface area contributed by atoms with Gasteiger partial charge in [-0.3, -0.25) is 9.69 Å². The Morgan fingerprint density at radius 2 is 2.10 bits per heavy atom. The predicted molar refractivity (Wildman–Crippen MR) is 85.3 cm³/mol. The predicted octanol–water partition coefficient (Wildman–Crippen LogP) is 2.17. The highest BCUT2D eigenvalue weighted by Crippen LogP contribution is 2.27. The number of carbonyl (C=O) groups is 1. The van der Waals surface area contributed by atoms with Crippen LogP contribution in [-0.2, 0) is 4.79 Å². The average Bonchev–Trinajstić information content (AvgIpc) is 2.75. The molecule has 0 radical (unpaired) electrons. The molecule has 1 aromatic rings. The van der Waals surface area contributed by atoms with Gasteiger partial charge >= 0.3 is 0 Å². The van der Waals surface area contributed by atoms with Crippen molar-refractivity contribution in [2.75, 3.05) is 20.8 Å². The van der Waals surface area contributed by atoms with E-state index in [1.807, 2.05) is 13.0 Å². The van der Waals surface area contributed by atoms with Crippen LogP contribution in [-0.4, -0.2) is 36.7 Å². The minimum Gasteiger partial charge on any atom is -0.497 e. The monoisotopic (exact) mass is 306 g/mol.